The first-order valence-corrected chi connectivity index (χ1v) is 12.0. The third-order valence-corrected chi connectivity index (χ3v) is 6.28. The molecule has 0 aliphatic carbocycles. The molecule has 0 amide bonds. The summed E-state index contributed by atoms with van der Waals surface area (Å²) >= 11 is 0. The quantitative estimate of drug-likeness (QED) is 0.487. The van der Waals surface area contributed by atoms with Crippen LogP contribution in [0.1, 0.15) is 69.1 Å². The van der Waals surface area contributed by atoms with Crippen LogP contribution < -0.4 is 5.73 Å². The highest BCUT2D eigenvalue weighted by molar-refractivity contribution is 5.76. The van der Waals surface area contributed by atoms with E-state index in [9.17, 15) is 9.90 Å². The standard InChI is InChI=1S/C27H36N2O5/c1-27(2,3)34-25(31)23-8-5-13-29(23)16-22-15-24(19-11-9-18(17-30)10-12-19)33-26(32-22)20-6-4-7-21(28)14-20/h4,6-7,9-12,14,22-24,26,30H,5,8,13,15-17,28H2,1-3H3. The van der Waals surface area contributed by atoms with Crippen molar-refractivity contribution in [3.05, 3.63) is 65.2 Å². The number of likely N-dealkylation sites (tertiary alicyclic amines) is 1. The average Bonchev–Trinajstić information content (AvgIpc) is 3.26. The van der Waals surface area contributed by atoms with Gasteiger partial charge in [0, 0.05) is 24.2 Å². The summed E-state index contributed by atoms with van der Waals surface area (Å²) in [5.74, 6) is -0.166. The zero-order valence-corrected chi connectivity index (χ0v) is 20.3. The number of hydrogen-bond acceptors (Lipinski definition) is 7. The van der Waals surface area contributed by atoms with Crippen molar-refractivity contribution in [3.8, 4) is 0 Å². The van der Waals surface area contributed by atoms with Crippen molar-refractivity contribution in [2.24, 2.45) is 0 Å². The number of anilines is 1. The number of benzene rings is 2. The predicted octanol–water partition coefficient (Wildman–Crippen LogP) is 4.11. The molecule has 184 valence electrons. The normalized spacial score (nSPS) is 25.9. The van der Waals surface area contributed by atoms with Gasteiger partial charge >= 0.3 is 5.97 Å². The molecular weight excluding hydrogens is 432 g/mol. The van der Waals surface area contributed by atoms with Gasteiger partial charge in [0.15, 0.2) is 6.29 Å². The number of rotatable bonds is 6. The van der Waals surface area contributed by atoms with E-state index in [4.69, 9.17) is 19.9 Å². The van der Waals surface area contributed by atoms with Gasteiger partial charge in [-0.1, -0.05) is 36.4 Å². The Morgan fingerprint density at radius 3 is 2.59 bits per heavy atom. The summed E-state index contributed by atoms with van der Waals surface area (Å²) < 4.78 is 18.5. The van der Waals surface area contributed by atoms with Crippen LogP contribution in [0.2, 0.25) is 0 Å². The maximum Gasteiger partial charge on any atom is 0.323 e. The fourth-order valence-corrected chi connectivity index (χ4v) is 4.68. The molecule has 7 heteroatoms. The van der Waals surface area contributed by atoms with Crippen molar-refractivity contribution in [3.63, 3.8) is 0 Å². The van der Waals surface area contributed by atoms with Crippen molar-refractivity contribution in [2.75, 3.05) is 18.8 Å². The highest BCUT2D eigenvalue weighted by Gasteiger charge is 2.38. The molecule has 0 spiro atoms. The van der Waals surface area contributed by atoms with Gasteiger partial charge in [-0.2, -0.15) is 0 Å². The molecule has 0 aromatic heterocycles. The largest absolute Gasteiger partial charge is 0.459 e. The fraction of sp³-hybridized carbons (Fsp3) is 0.519. The van der Waals surface area contributed by atoms with Crippen LogP contribution in [0.15, 0.2) is 48.5 Å². The van der Waals surface area contributed by atoms with Crippen molar-refractivity contribution in [2.45, 2.75) is 76.8 Å². The molecule has 34 heavy (non-hydrogen) atoms. The number of nitrogens with two attached hydrogens (primary N) is 1. The van der Waals surface area contributed by atoms with Crippen LogP contribution >= 0.6 is 0 Å². The van der Waals surface area contributed by atoms with E-state index < -0.39 is 11.9 Å². The van der Waals surface area contributed by atoms with Gasteiger partial charge in [0.1, 0.15) is 11.6 Å². The lowest BCUT2D eigenvalue weighted by molar-refractivity contribution is -0.253. The second-order valence-electron chi connectivity index (χ2n) is 10.2. The minimum absolute atomic E-state index is 0.00444. The average molecular weight is 469 g/mol. The molecule has 2 saturated heterocycles. The molecular formula is C27H36N2O5. The van der Waals surface area contributed by atoms with Crippen LogP contribution in [-0.2, 0) is 25.6 Å². The number of nitrogens with zero attached hydrogens (tertiary/aromatic N) is 1. The lowest BCUT2D eigenvalue weighted by Gasteiger charge is -2.38. The van der Waals surface area contributed by atoms with Crippen molar-refractivity contribution in [1.82, 2.24) is 4.90 Å². The van der Waals surface area contributed by atoms with Gasteiger partial charge in [-0.3, -0.25) is 9.69 Å². The first-order chi connectivity index (χ1) is 16.2. The van der Waals surface area contributed by atoms with E-state index in [2.05, 4.69) is 4.90 Å². The molecule has 7 nitrogen and oxygen atoms in total. The highest BCUT2D eigenvalue weighted by Crippen LogP contribution is 2.39. The van der Waals surface area contributed by atoms with Crippen LogP contribution in [0, 0.1) is 0 Å². The molecule has 2 aliphatic rings. The molecule has 2 aliphatic heterocycles. The van der Waals surface area contributed by atoms with Gasteiger partial charge in [0.05, 0.1) is 18.8 Å². The van der Waals surface area contributed by atoms with E-state index in [0.717, 1.165) is 36.1 Å². The van der Waals surface area contributed by atoms with Crippen LogP contribution in [-0.4, -0.2) is 46.8 Å². The Hall–Kier alpha value is -2.45. The number of hydrogen-bond donors (Lipinski definition) is 2. The Morgan fingerprint density at radius 2 is 1.91 bits per heavy atom. The molecule has 0 radical (unpaired) electrons. The maximum absolute atomic E-state index is 12.8. The fourth-order valence-electron chi connectivity index (χ4n) is 4.68. The summed E-state index contributed by atoms with van der Waals surface area (Å²) in [4.78, 5) is 15.0. The van der Waals surface area contributed by atoms with E-state index in [1.165, 1.54) is 0 Å². The second kappa shape index (κ2) is 10.4. The van der Waals surface area contributed by atoms with Gasteiger partial charge < -0.3 is 25.1 Å². The molecule has 2 heterocycles. The molecule has 3 N–H and O–H groups in total. The molecule has 4 rings (SSSR count). The van der Waals surface area contributed by atoms with Crippen LogP contribution in [0.3, 0.4) is 0 Å². The Kier molecular flexibility index (Phi) is 7.57. The van der Waals surface area contributed by atoms with Gasteiger partial charge in [-0.25, -0.2) is 0 Å². The third-order valence-electron chi connectivity index (χ3n) is 6.28. The van der Waals surface area contributed by atoms with Crippen molar-refractivity contribution < 1.29 is 24.1 Å². The Labute approximate surface area is 201 Å². The van der Waals surface area contributed by atoms with E-state index in [1.54, 1.807) is 0 Å². The number of aliphatic hydroxyl groups excluding tert-OH is 1. The lowest BCUT2D eigenvalue weighted by atomic mass is 9.99. The maximum atomic E-state index is 12.8. The molecule has 0 saturated carbocycles. The molecule has 4 unspecified atom stereocenters. The summed E-state index contributed by atoms with van der Waals surface area (Å²) in [6.07, 6.45) is 1.54. The Balaban J connectivity index is 1.53. The van der Waals surface area contributed by atoms with Gasteiger partial charge in [0.25, 0.3) is 0 Å². The van der Waals surface area contributed by atoms with Crippen LogP contribution in [0.25, 0.3) is 0 Å². The molecule has 0 bridgehead atoms. The van der Waals surface area contributed by atoms with Crippen molar-refractivity contribution in [1.29, 1.82) is 0 Å². The number of carbonyl (C=O) groups excluding carboxylic acids is 1. The molecule has 4 atom stereocenters. The SMILES string of the molecule is CC(C)(C)OC(=O)C1CCCN1CC1CC(c2ccc(CO)cc2)OC(c2cccc(N)c2)O1. The monoisotopic (exact) mass is 468 g/mol. The summed E-state index contributed by atoms with van der Waals surface area (Å²) in [5.41, 5.74) is 8.92. The van der Waals surface area contributed by atoms with E-state index in [0.29, 0.717) is 18.7 Å². The number of nitrogen functional groups attached to an aromatic ring is 1. The predicted molar refractivity (Wildman–Crippen MR) is 130 cm³/mol. The third kappa shape index (κ3) is 6.16. The second-order valence-corrected chi connectivity index (χ2v) is 10.2. The number of ether oxygens (including phenoxy) is 3. The highest BCUT2D eigenvalue weighted by atomic mass is 16.7. The van der Waals surface area contributed by atoms with Crippen molar-refractivity contribution >= 4 is 11.7 Å². The zero-order valence-electron chi connectivity index (χ0n) is 20.3. The number of carbonyl (C=O) groups is 1. The summed E-state index contributed by atoms with van der Waals surface area (Å²) in [7, 11) is 0. The minimum Gasteiger partial charge on any atom is -0.459 e. The zero-order chi connectivity index (χ0) is 24.3. The summed E-state index contributed by atoms with van der Waals surface area (Å²) in [6, 6.07) is 15.1. The Morgan fingerprint density at radius 1 is 1.15 bits per heavy atom. The first-order valence-electron chi connectivity index (χ1n) is 12.0. The van der Waals surface area contributed by atoms with Gasteiger partial charge in [0.2, 0.25) is 0 Å². The van der Waals surface area contributed by atoms with Gasteiger partial charge in [-0.05, 0) is 63.4 Å². The molecule has 2 aromatic rings. The van der Waals surface area contributed by atoms with E-state index in [-0.39, 0.29) is 30.8 Å². The van der Waals surface area contributed by atoms with Crippen LogP contribution in [0.5, 0.6) is 0 Å². The summed E-state index contributed by atoms with van der Waals surface area (Å²) in [5, 5.41) is 9.39. The van der Waals surface area contributed by atoms with E-state index >= 15 is 0 Å². The van der Waals surface area contributed by atoms with E-state index in [1.807, 2.05) is 69.3 Å². The first kappa shape index (κ1) is 24.7. The Bertz CT molecular complexity index is 972. The number of esters is 1. The molecule has 2 fully saturated rings. The smallest absolute Gasteiger partial charge is 0.323 e. The topological polar surface area (TPSA) is 94.2 Å². The number of aliphatic hydroxyl groups is 1. The lowest BCUT2D eigenvalue weighted by Crippen LogP contribution is -2.45. The summed E-state index contributed by atoms with van der Waals surface area (Å²) in [6.45, 7) is 7.16. The minimum atomic E-state index is -0.563. The van der Waals surface area contributed by atoms with Gasteiger partial charge in [-0.15, -0.1) is 0 Å². The van der Waals surface area contributed by atoms with Crippen LogP contribution in [0.4, 0.5) is 5.69 Å². The molecule has 2 aromatic carbocycles.